The predicted octanol–water partition coefficient (Wildman–Crippen LogP) is 3.36. The summed E-state index contributed by atoms with van der Waals surface area (Å²) in [5.41, 5.74) is 0.693. The van der Waals surface area contributed by atoms with Crippen LogP contribution in [0, 0.1) is 0 Å². The van der Waals surface area contributed by atoms with Gasteiger partial charge in [0, 0.05) is 22.6 Å². The third-order valence-electron chi connectivity index (χ3n) is 3.13. The SMILES string of the molecule is CNC(C)CNC(=O)c1ccc2cc(Br)ccc2c1.Cl. The lowest BCUT2D eigenvalue weighted by molar-refractivity contribution is 0.0950. The molecule has 0 aliphatic heterocycles. The normalized spacial score (nSPS) is 11.8. The fourth-order valence-electron chi connectivity index (χ4n) is 1.81. The van der Waals surface area contributed by atoms with Crippen molar-refractivity contribution >= 4 is 45.0 Å². The minimum Gasteiger partial charge on any atom is -0.350 e. The molecule has 2 aromatic rings. The number of benzene rings is 2. The average molecular weight is 358 g/mol. The summed E-state index contributed by atoms with van der Waals surface area (Å²) in [6, 6.07) is 12.0. The maximum absolute atomic E-state index is 12.0. The maximum atomic E-state index is 12.0. The van der Waals surface area contributed by atoms with Crippen LogP contribution < -0.4 is 10.6 Å². The van der Waals surface area contributed by atoms with E-state index in [1.54, 1.807) is 0 Å². The molecule has 0 aliphatic carbocycles. The number of amides is 1. The number of hydrogen-bond acceptors (Lipinski definition) is 2. The van der Waals surface area contributed by atoms with Crippen LogP contribution in [-0.4, -0.2) is 25.5 Å². The molecule has 0 heterocycles. The van der Waals surface area contributed by atoms with Gasteiger partial charge in [-0.15, -0.1) is 12.4 Å². The summed E-state index contributed by atoms with van der Waals surface area (Å²) in [5.74, 6) is -0.0353. The molecule has 2 N–H and O–H groups in total. The van der Waals surface area contributed by atoms with Gasteiger partial charge in [-0.05, 0) is 49.0 Å². The highest BCUT2D eigenvalue weighted by Gasteiger charge is 2.07. The molecule has 0 fully saturated rings. The van der Waals surface area contributed by atoms with E-state index in [9.17, 15) is 4.79 Å². The van der Waals surface area contributed by atoms with Crippen molar-refractivity contribution in [3.63, 3.8) is 0 Å². The zero-order valence-corrected chi connectivity index (χ0v) is 13.8. The van der Waals surface area contributed by atoms with Crippen LogP contribution in [0.15, 0.2) is 40.9 Å². The third-order valence-corrected chi connectivity index (χ3v) is 3.62. The van der Waals surface area contributed by atoms with Crippen molar-refractivity contribution in [2.75, 3.05) is 13.6 Å². The fourth-order valence-corrected chi connectivity index (χ4v) is 2.19. The number of halogens is 2. The van der Waals surface area contributed by atoms with Gasteiger partial charge in [0.2, 0.25) is 0 Å². The number of nitrogens with one attached hydrogen (secondary N) is 2. The summed E-state index contributed by atoms with van der Waals surface area (Å²) in [6.45, 7) is 2.64. The summed E-state index contributed by atoms with van der Waals surface area (Å²) in [4.78, 5) is 12.0. The molecule has 2 rings (SSSR count). The Hall–Kier alpha value is -1.10. The average Bonchev–Trinajstić information content (AvgIpc) is 2.43. The second-order valence-corrected chi connectivity index (χ2v) is 5.52. The van der Waals surface area contributed by atoms with Crippen molar-refractivity contribution in [2.24, 2.45) is 0 Å². The summed E-state index contributed by atoms with van der Waals surface area (Å²) >= 11 is 3.44. The predicted molar refractivity (Wildman–Crippen MR) is 89.8 cm³/mol. The van der Waals surface area contributed by atoms with E-state index in [0.717, 1.165) is 15.2 Å². The molecule has 0 aliphatic rings. The van der Waals surface area contributed by atoms with Crippen molar-refractivity contribution in [3.05, 3.63) is 46.4 Å². The Kier molecular flexibility index (Phi) is 6.46. The van der Waals surface area contributed by atoms with Crippen molar-refractivity contribution in [1.82, 2.24) is 10.6 Å². The van der Waals surface area contributed by atoms with E-state index in [2.05, 4.69) is 26.6 Å². The topological polar surface area (TPSA) is 41.1 Å². The first-order valence-corrected chi connectivity index (χ1v) is 7.04. The van der Waals surface area contributed by atoms with Crippen LogP contribution in [0.3, 0.4) is 0 Å². The number of carbonyl (C=O) groups is 1. The van der Waals surface area contributed by atoms with E-state index >= 15 is 0 Å². The molecule has 2 aromatic carbocycles. The van der Waals surface area contributed by atoms with E-state index < -0.39 is 0 Å². The molecule has 5 heteroatoms. The van der Waals surface area contributed by atoms with Gasteiger partial charge in [0.05, 0.1) is 0 Å². The first-order chi connectivity index (χ1) is 9.10. The zero-order chi connectivity index (χ0) is 13.8. The molecular weight excluding hydrogens is 340 g/mol. The summed E-state index contributed by atoms with van der Waals surface area (Å²) < 4.78 is 1.04. The molecule has 108 valence electrons. The van der Waals surface area contributed by atoms with E-state index in [0.29, 0.717) is 12.1 Å². The van der Waals surface area contributed by atoms with Gasteiger partial charge in [-0.25, -0.2) is 0 Å². The third kappa shape index (κ3) is 4.20. The second-order valence-electron chi connectivity index (χ2n) is 4.61. The molecule has 3 nitrogen and oxygen atoms in total. The van der Waals surface area contributed by atoms with Crippen LogP contribution in [0.2, 0.25) is 0 Å². The standard InChI is InChI=1S/C15H17BrN2O.ClH/c1-10(17-2)9-18-15(19)13-4-3-12-8-14(16)6-5-11(12)7-13;/h3-8,10,17H,9H2,1-2H3,(H,18,19);1H. The largest absolute Gasteiger partial charge is 0.350 e. The zero-order valence-electron chi connectivity index (χ0n) is 11.4. The van der Waals surface area contributed by atoms with Crippen LogP contribution in [0.4, 0.5) is 0 Å². The lowest BCUT2D eigenvalue weighted by atomic mass is 10.1. The van der Waals surface area contributed by atoms with Gasteiger partial charge in [0.25, 0.3) is 5.91 Å². The first-order valence-electron chi connectivity index (χ1n) is 6.25. The summed E-state index contributed by atoms with van der Waals surface area (Å²) in [6.07, 6.45) is 0. The highest BCUT2D eigenvalue weighted by atomic mass is 79.9. The molecule has 0 aromatic heterocycles. The van der Waals surface area contributed by atoms with Gasteiger partial charge in [0.1, 0.15) is 0 Å². The molecule has 0 saturated heterocycles. The Morgan fingerprint density at radius 1 is 1.20 bits per heavy atom. The minimum absolute atomic E-state index is 0. The van der Waals surface area contributed by atoms with Crippen molar-refractivity contribution < 1.29 is 4.79 Å². The summed E-state index contributed by atoms with van der Waals surface area (Å²) in [5, 5.41) is 8.19. The molecule has 0 saturated carbocycles. The molecule has 1 amide bonds. The molecule has 0 bridgehead atoms. The summed E-state index contributed by atoms with van der Waals surface area (Å²) in [7, 11) is 1.88. The Morgan fingerprint density at radius 2 is 1.85 bits per heavy atom. The van der Waals surface area contributed by atoms with Crippen LogP contribution in [0.1, 0.15) is 17.3 Å². The Balaban J connectivity index is 0.00000200. The minimum atomic E-state index is -0.0353. The van der Waals surface area contributed by atoms with E-state index in [-0.39, 0.29) is 24.4 Å². The van der Waals surface area contributed by atoms with Crippen LogP contribution >= 0.6 is 28.3 Å². The van der Waals surface area contributed by atoms with Gasteiger partial charge >= 0.3 is 0 Å². The number of fused-ring (bicyclic) bond motifs is 1. The molecular formula is C15H18BrClN2O. The van der Waals surface area contributed by atoms with Crippen LogP contribution in [0.25, 0.3) is 10.8 Å². The van der Waals surface area contributed by atoms with Crippen molar-refractivity contribution in [1.29, 1.82) is 0 Å². The monoisotopic (exact) mass is 356 g/mol. The first kappa shape index (κ1) is 17.0. The number of likely N-dealkylation sites (N-methyl/N-ethyl adjacent to an activating group) is 1. The van der Waals surface area contributed by atoms with E-state index in [1.807, 2.05) is 50.4 Å². The quantitative estimate of drug-likeness (QED) is 0.881. The molecule has 20 heavy (non-hydrogen) atoms. The van der Waals surface area contributed by atoms with Gasteiger partial charge in [-0.1, -0.05) is 28.1 Å². The van der Waals surface area contributed by atoms with Gasteiger partial charge in [0.15, 0.2) is 0 Å². The molecule has 1 unspecified atom stereocenters. The maximum Gasteiger partial charge on any atom is 0.251 e. The Labute approximate surface area is 133 Å². The second kappa shape index (κ2) is 7.62. The molecule has 1 atom stereocenters. The van der Waals surface area contributed by atoms with Gasteiger partial charge < -0.3 is 10.6 Å². The Bertz CT molecular complexity index is 603. The number of hydrogen-bond donors (Lipinski definition) is 2. The lowest BCUT2D eigenvalue weighted by Gasteiger charge is -2.11. The highest BCUT2D eigenvalue weighted by Crippen LogP contribution is 2.20. The molecule has 0 spiro atoms. The van der Waals surface area contributed by atoms with E-state index in [4.69, 9.17) is 0 Å². The van der Waals surface area contributed by atoms with Gasteiger partial charge in [-0.2, -0.15) is 0 Å². The lowest BCUT2D eigenvalue weighted by Crippen LogP contribution is -2.37. The molecule has 0 radical (unpaired) electrons. The van der Waals surface area contributed by atoms with E-state index in [1.165, 1.54) is 0 Å². The number of rotatable bonds is 4. The van der Waals surface area contributed by atoms with Crippen molar-refractivity contribution in [2.45, 2.75) is 13.0 Å². The van der Waals surface area contributed by atoms with Gasteiger partial charge in [-0.3, -0.25) is 4.79 Å². The highest BCUT2D eigenvalue weighted by molar-refractivity contribution is 9.10. The smallest absolute Gasteiger partial charge is 0.251 e. The van der Waals surface area contributed by atoms with Crippen molar-refractivity contribution in [3.8, 4) is 0 Å². The fraction of sp³-hybridized carbons (Fsp3) is 0.267. The Morgan fingerprint density at radius 3 is 2.55 bits per heavy atom. The number of carbonyl (C=O) groups excluding carboxylic acids is 1. The van der Waals surface area contributed by atoms with Crippen LogP contribution in [-0.2, 0) is 0 Å². The van der Waals surface area contributed by atoms with Crippen LogP contribution in [0.5, 0.6) is 0 Å².